The molecule has 3 aromatic rings. The Morgan fingerprint density at radius 2 is 2.08 bits per heavy atom. The van der Waals surface area contributed by atoms with Crippen LogP contribution in [-0.2, 0) is 0 Å². The van der Waals surface area contributed by atoms with Crippen molar-refractivity contribution in [2.24, 2.45) is 0 Å². The van der Waals surface area contributed by atoms with Crippen molar-refractivity contribution < 1.29 is 9.90 Å². The minimum Gasteiger partial charge on any atom is -0.395 e. The van der Waals surface area contributed by atoms with Gasteiger partial charge in [0.15, 0.2) is 4.96 Å². The van der Waals surface area contributed by atoms with Crippen LogP contribution in [0.15, 0.2) is 35.8 Å². The standard InChI is InChI=1S/C17H18ClN3O2S/c1-2-7-20(8-9-22)16(23)15-11-24-17-19-14(10-21(15)17)12-3-5-13(18)6-4-12/h3-6,10-11,22H,2,7-9H2,1H3. The van der Waals surface area contributed by atoms with Gasteiger partial charge in [0, 0.05) is 35.3 Å². The maximum Gasteiger partial charge on any atom is 0.271 e. The van der Waals surface area contributed by atoms with Crippen molar-refractivity contribution in [1.82, 2.24) is 14.3 Å². The molecule has 24 heavy (non-hydrogen) atoms. The Labute approximate surface area is 149 Å². The summed E-state index contributed by atoms with van der Waals surface area (Å²) >= 11 is 7.35. The molecule has 0 aliphatic rings. The number of aliphatic hydroxyl groups is 1. The number of imidazole rings is 1. The van der Waals surface area contributed by atoms with E-state index in [2.05, 4.69) is 4.98 Å². The first kappa shape index (κ1) is 17.0. The molecule has 0 aliphatic heterocycles. The van der Waals surface area contributed by atoms with Crippen LogP contribution in [-0.4, -0.2) is 45.0 Å². The minimum absolute atomic E-state index is 0.0427. The van der Waals surface area contributed by atoms with Crippen molar-refractivity contribution in [3.63, 3.8) is 0 Å². The molecule has 0 aliphatic carbocycles. The third-order valence-corrected chi connectivity index (χ3v) is 4.81. The number of carbonyl (C=O) groups is 1. The molecule has 0 fully saturated rings. The summed E-state index contributed by atoms with van der Waals surface area (Å²) in [5.41, 5.74) is 2.33. The number of fused-ring (bicyclic) bond motifs is 1. The highest BCUT2D eigenvalue weighted by Crippen LogP contribution is 2.25. The van der Waals surface area contributed by atoms with Gasteiger partial charge in [-0.2, -0.15) is 0 Å². The molecule has 0 saturated heterocycles. The van der Waals surface area contributed by atoms with E-state index in [1.165, 1.54) is 11.3 Å². The van der Waals surface area contributed by atoms with E-state index in [1.807, 2.05) is 47.2 Å². The summed E-state index contributed by atoms with van der Waals surface area (Å²) in [6.07, 6.45) is 2.71. The second-order valence-corrected chi connectivity index (χ2v) is 6.70. The maximum atomic E-state index is 12.7. The number of nitrogens with zero attached hydrogens (tertiary/aromatic N) is 3. The smallest absolute Gasteiger partial charge is 0.271 e. The Bertz CT molecular complexity index is 835. The molecule has 7 heteroatoms. The molecule has 1 amide bonds. The van der Waals surface area contributed by atoms with E-state index < -0.39 is 0 Å². The lowest BCUT2D eigenvalue weighted by atomic mass is 10.2. The summed E-state index contributed by atoms with van der Waals surface area (Å²) < 4.78 is 1.82. The highest BCUT2D eigenvalue weighted by Gasteiger charge is 2.20. The average Bonchev–Trinajstić information content (AvgIpc) is 3.15. The highest BCUT2D eigenvalue weighted by molar-refractivity contribution is 7.15. The van der Waals surface area contributed by atoms with Gasteiger partial charge in [-0.05, 0) is 18.6 Å². The van der Waals surface area contributed by atoms with E-state index in [0.29, 0.717) is 23.8 Å². The van der Waals surface area contributed by atoms with Gasteiger partial charge in [0.2, 0.25) is 0 Å². The number of amides is 1. The molecule has 2 heterocycles. The predicted octanol–water partition coefficient (Wildman–Crippen LogP) is 3.56. The highest BCUT2D eigenvalue weighted by atomic mass is 35.5. The Kier molecular flexibility index (Phi) is 5.18. The largest absolute Gasteiger partial charge is 0.395 e. The number of aliphatic hydroxyl groups excluding tert-OH is 1. The molecule has 5 nitrogen and oxygen atoms in total. The van der Waals surface area contributed by atoms with E-state index in [9.17, 15) is 9.90 Å². The van der Waals surface area contributed by atoms with Gasteiger partial charge in [-0.1, -0.05) is 30.7 Å². The monoisotopic (exact) mass is 363 g/mol. The van der Waals surface area contributed by atoms with Crippen LogP contribution < -0.4 is 0 Å². The van der Waals surface area contributed by atoms with Crippen LogP contribution in [0.5, 0.6) is 0 Å². The number of thiazole rings is 1. The van der Waals surface area contributed by atoms with E-state index in [4.69, 9.17) is 11.6 Å². The van der Waals surface area contributed by atoms with Gasteiger partial charge in [0.1, 0.15) is 5.69 Å². The van der Waals surface area contributed by atoms with Gasteiger partial charge in [-0.25, -0.2) is 4.98 Å². The number of hydrogen-bond acceptors (Lipinski definition) is 4. The lowest BCUT2D eigenvalue weighted by Gasteiger charge is -2.20. The predicted molar refractivity (Wildman–Crippen MR) is 96.8 cm³/mol. The zero-order valence-corrected chi connectivity index (χ0v) is 14.8. The van der Waals surface area contributed by atoms with Gasteiger partial charge >= 0.3 is 0 Å². The van der Waals surface area contributed by atoms with Crippen molar-refractivity contribution in [2.45, 2.75) is 13.3 Å². The van der Waals surface area contributed by atoms with Gasteiger partial charge < -0.3 is 10.0 Å². The summed E-state index contributed by atoms with van der Waals surface area (Å²) in [4.78, 5) is 19.8. The van der Waals surface area contributed by atoms with Crippen molar-refractivity contribution in [2.75, 3.05) is 19.7 Å². The maximum absolute atomic E-state index is 12.7. The molecule has 2 aromatic heterocycles. The number of aromatic nitrogens is 2. The molecular weight excluding hydrogens is 346 g/mol. The van der Waals surface area contributed by atoms with Crippen LogP contribution >= 0.6 is 22.9 Å². The fourth-order valence-corrected chi connectivity index (χ4v) is 3.54. The third-order valence-electron chi connectivity index (χ3n) is 3.72. The molecule has 1 aromatic carbocycles. The quantitative estimate of drug-likeness (QED) is 0.728. The fraction of sp³-hybridized carbons (Fsp3) is 0.294. The summed E-state index contributed by atoms with van der Waals surface area (Å²) in [6, 6.07) is 7.46. The molecular formula is C17H18ClN3O2S. The van der Waals surface area contributed by atoms with E-state index in [-0.39, 0.29) is 12.5 Å². The lowest BCUT2D eigenvalue weighted by molar-refractivity contribution is 0.0715. The molecule has 0 spiro atoms. The molecule has 0 bridgehead atoms. The summed E-state index contributed by atoms with van der Waals surface area (Å²) in [5, 5.41) is 11.7. The fourth-order valence-electron chi connectivity index (χ4n) is 2.57. The molecule has 0 saturated carbocycles. The molecule has 1 N–H and O–H groups in total. The molecule has 3 rings (SSSR count). The Balaban J connectivity index is 1.95. The average molecular weight is 364 g/mol. The Hall–Kier alpha value is -1.89. The first-order valence-electron chi connectivity index (χ1n) is 7.76. The van der Waals surface area contributed by atoms with Gasteiger partial charge in [0.25, 0.3) is 5.91 Å². The normalized spacial score (nSPS) is 11.1. The van der Waals surface area contributed by atoms with Crippen LogP contribution in [0.2, 0.25) is 5.02 Å². The van der Waals surface area contributed by atoms with Gasteiger partial charge in [0.05, 0.1) is 12.3 Å². The van der Waals surface area contributed by atoms with Crippen molar-refractivity contribution in [3.8, 4) is 11.3 Å². The number of hydrogen-bond donors (Lipinski definition) is 1. The lowest BCUT2D eigenvalue weighted by Crippen LogP contribution is -2.34. The van der Waals surface area contributed by atoms with Crippen LogP contribution in [0.4, 0.5) is 0 Å². The summed E-state index contributed by atoms with van der Waals surface area (Å²) in [7, 11) is 0. The van der Waals surface area contributed by atoms with Crippen LogP contribution in [0, 0.1) is 0 Å². The second-order valence-electron chi connectivity index (χ2n) is 5.42. The van der Waals surface area contributed by atoms with Crippen molar-refractivity contribution >= 4 is 33.8 Å². The van der Waals surface area contributed by atoms with E-state index in [1.54, 1.807) is 4.90 Å². The van der Waals surface area contributed by atoms with E-state index >= 15 is 0 Å². The molecule has 126 valence electrons. The van der Waals surface area contributed by atoms with Gasteiger partial charge in [-0.15, -0.1) is 11.3 Å². The zero-order valence-electron chi connectivity index (χ0n) is 13.3. The molecule has 0 unspecified atom stereocenters. The third kappa shape index (κ3) is 3.31. The van der Waals surface area contributed by atoms with Crippen molar-refractivity contribution in [3.05, 3.63) is 46.6 Å². The topological polar surface area (TPSA) is 57.8 Å². The summed E-state index contributed by atoms with van der Waals surface area (Å²) in [6.45, 7) is 2.92. The SMILES string of the molecule is CCCN(CCO)C(=O)c1csc2nc(-c3ccc(Cl)cc3)cn12. The van der Waals surface area contributed by atoms with E-state index in [0.717, 1.165) is 22.6 Å². The Morgan fingerprint density at radius 3 is 2.75 bits per heavy atom. The molecule has 0 radical (unpaired) electrons. The summed E-state index contributed by atoms with van der Waals surface area (Å²) in [5.74, 6) is -0.0859. The number of benzene rings is 1. The van der Waals surface area contributed by atoms with Crippen LogP contribution in [0.3, 0.4) is 0 Å². The molecule has 0 atom stereocenters. The van der Waals surface area contributed by atoms with Crippen molar-refractivity contribution in [1.29, 1.82) is 0 Å². The first-order valence-corrected chi connectivity index (χ1v) is 9.02. The number of halogens is 1. The Morgan fingerprint density at radius 1 is 1.33 bits per heavy atom. The second kappa shape index (κ2) is 7.34. The number of rotatable bonds is 6. The number of carbonyl (C=O) groups excluding carboxylic acids is 1. The van der Waals surface area contributed by atoms with Crippen LogP contribution in [0.25, 0.3) is 16.2 Å². The minimum atomic E-state index is -0.0859. The van der Waals surface area contributed by atoms with Crippen LogP contribution in [0.1, 0.15) is 23.8 Å². The zero-order chi connectivity index (χ0) is 17.1. The van der Waals surface area contributed by atoms with Gasteiger partial charge in [-0.3, -0.25) is 9.20 Å². The first-order chi connectivity index (χ1) is 11.6.